The molecule has 42 heavy (non-hydrogen) atoms. The van der Waals surface area contributed by atoms with Crippen molar-refractivity contribution in [1.82, 2.24) is 13.9 Å². The summed E-state index contributed by atoms with van der Waals surface area (Å²) in [5.41, 5.74) is 1.78. The van der Waals surface area contributed by atoms with Gasteiger partial charge < -0.3 is 19.3 Å². The molecule has 11 heteroatoms. The number of aliphatic hydroxyl groups is 1. The molecule has 1 amide bonds. The van der Waals surface area contributed by atoms with Gasteiger partial charge in [-0.25, -0.2) is 17.4 Å². The summed E-state index contributed by atoms with van der Waals surface area (Å²) in [6.45, 7) is 11.4. The highest BCUT2D eigenvalue weighted by atomic mass is 32.2. The van der Waals surface area contributed by atoms with Gasteiger partial charge >= 0.3 is 7.12 Å². The second-order valence-electron chi connectivity index (χ2n) is 12.5. The second kappa shape index (κ2) is 10.5. The Labute approximate surface area is 248 Å². The summed E-state index contributed by atoms with van der Waals surface area (Å²) in [4.78, 5) is 18.7. The molecule has 3 heterocycles. The minimum Gasteiger partial charge on any atom is -0.399 e. The smallest absolute Gasteiger partial charge is 0.399 e. The van der Waals surface area contributed by atoms with Gasteiger partial charge in [-0.15, -0.1) is 0 Å². The Morgan fingerprint density at radius 2 is 1.76 bits per heavy atom. The van der Waals surface area contributed by atoms with E-state index in [-0.39, 0.29) is 18.9 Å². The normalized spacial score (nSPS) is 22.3. The van der Waals surface area contributed by atoms with Crippen LogP contribution in [0.2, 0.25) is 0 Å². The zero-order valence-electron chi connectivity index (χ0n) is 25.2. The van der Waals surface area contributed by atoms with E-state index < -0.39 is 39.2 Å². The SMILES string of the molecule is CC(O)CN(C)C(=O)c1ccc(-c2cn(S(=O)(=O)[C@]3(C)C=C(B4OC(C)(C)C(C)(C)O4)C=CC3)c3ncccc23)cc1. The van der Waals surface area contributed by atoms with Crippen molar-refractivity contribution in [2.75, 3.05) is 13.6 Å². The molecule has 0 spiro atoms. The predicted octanol–water partition coefficient (Wildman–Crippen LogP) is 4.61. The van der Waals surface area contributed by atoms with Gasteiger partial charge in [-0.2, -0.15) is 0 Å². The molecule has 1 N–H and O–H groups in total. The highest BCUT2D eigenvalue weighted by Gasteiger charge is 2.53. The summed E-state index contributed by atoms with van der Waals surface area (Å²) < 4.78 is 41.2. The zero-order chi connectivity index (χ0) is 30.7. The molecule has 3 aromatic rings. The number of rotatable bonds is 7. The number of allylic oxidation sites excluding steroid dienone is 3. The summed E-state index contributed by atoms with van der Waals surface area (Å²) in [6.07, 6.45) is 8.28. The van der Waals surface area contributed by atoms with Crippen LogP contribution in [0.5, 0.6) is 0 Å². The average molecular weight is 592 g/mol. The molecule has 1 aromatic carbocycles. The van der Waals surface area contributed by atoms with Crippen molar-refractivity contribution in [2.45, 2.75) is 70.0 Å². The first-order chi connectivity index (χ1) is 19.6. The third-order valence-electron chi connectivity index (χ3n) is 8.54. The number of aromatic nitrogens is 2. The van der Waals surface area contributed by atoms with Crippen molar-refractivity contribution in [3.63, 3.8) is 0 Å². The van der Waals surface area contributed by atoms with Crippen molar-refractivity contribution in [3.05, 3.63) is 78.1 Å². The predicted molar refractivity (Wildman–Crippen MR) is 164 cm³/mol. The van der Waals surface area contributed by atoms with E-state index in [0.717, 1.165) is 5.56 Å². The van der Waals surface area contributed by atoms with Crippen LogP contribution in [-0.2, 0) is 19.3 Å². The number of fused-ring (bicyclic) bond motifs is 1. The molecule has 2 aromatic heterocycles. The number of carbonyl (C=O) groups is 1. The summed E-state index contributed by atoms with van der Waals surface area (Å²) in [5, 5.41) is 10.3. The fraction of sp³-hybridized carbons (Fsp3) is 0.419. The number of amides is 1. The van der Waals surface area contributed by atoms with E-state index in [1.807, 2.05) is 45.9 Å². The Morgan fingerprint density at radius 3 is 2.38 bits per heavy atom. The van der Waals surface area contributed by atoms with Gasteiger partial charge in [0.25, 0.3) is 5.91 Å². The van der Waals surface area contributed by atoms with Gasteiger partial charge in [0, 0.05) is 42.5 Å². The van der Waals surface area contributed by atoms with Crippen molar-refractivity contribution < 1.29 is 27.6 Å². The summed E-state index contributed by atoms with van der Waals surface area (Å²) in [7, 11) is -3.05. The van der Waals surface area contributed by atoms with Crippen LogP contribution in [0.3, 0.4) is 0 Å². The van der Waals surface area contributed by atoms with Gasteiger partial charge in [0.15, 0.2) is 5.65 Å². The van der Waals surface area contributed by atoms with E-state index in [4.69, 9.17) is 9.31 Å². The highest BCUT2D eigenvalue weighted by Crippen LogP contribution is 2.42. The van der Waals surface area contributed by atoms with Crippen LogP contribution in [0, 0.1) is 0 Å². The number of benzene rings is 1. The number of carbonyl (C=O) groups excluding carboxylic acids is 1. The van der Waals surface area contributed by atoms with E-state index in [1.54, 1.807) is 69.7 Å². The van der Waals surface area contributed by atoms with Crippen LogP contribution in [0.4, 0.5) is 0 Å². The molecule has 0 bridgehead atoms. The highest BCUT2D eigenvalue weighted by molar-refractivity contribution is 7.91. The fourth-order valence-corrected chi connectivity index (χ4v) is 7.01. The van der Waals surface area contributed by atoms with Gasteiger partial charge in [-0.1, -0.05) is 30.4 Å². The van der Waals surface area contributed by atoms with Gasteiger partial charge in [0.2, 0.25) is 10.0 Å². The lowest BCUT2D eigenvalue weighted by Gasteiger charge is -2.32. The van der Waals surface area contributed by atoms with E-state index >= 15 is 0 Å². The number of nitrogens with zero attached hydrogens (tertiary/aromatic N) is 3. The van der Waals surface area contributed by atoms with Gasteiger partial charge in [0.1, 0.15) is 4.75 Å². The van der Waals surface area contributed by atoms with Crippen LogP contribution in [0.25, 0.3) is 22.2 Å². The maximum Gasteiger partial charge on any atom is 0.494 e. The van der Waals surface area contributed by atoms with Crippen molar-refractivity contribution in [1.29, 1.82) is 0 Å². The molecular weight excluding hydrogens is 553 g/mol. The van der Waals surface area contributed by atoms with Gasteiger partial charge in [-0.3, -0.25) is 4.79 Å². The molecule has 1 aliphatic heterocycles. The molecule has 2 atom stereocenters. The van der Waals surface area contributed by atoms with Crippen LogP contribution >= 0.6 is 0 Å². The number of aliphatic hydroxyl groups excluding tert-OH is 1. The standard InChI is InChI=1S/C31H38BN3O6S/c1-21(36)19-34(7)28(37)23-14-12-22(13-15-23)26-20-35(27-25(26)11-9-17-33-27)42(38,39)31(6)16-8-10-24(18-31)32-40-29(2,3)30(4,5)41-32/h8-15,17-18,20-21,36H,16,19H2,1-7H3/t21?,31-/m0/s1. The van der Waals surface area contributed by atoms with Crippen LogP contribution in [-0.4, -0.2) is 76.1 Å². The maximum atomic E-state index is 14.4. The van der Waals surface area contributed by atoms with Crippen molar-refractivity contribution >= 4 is 34.1 Å². The Morgan fingerprint density at radius 1 is 1.12 bits per heavy atom. The van der Waals surface area contributed by atoms with E-state index in [2.05, 4.69) is 4.98 Å². The minimum atomic E-state index is -4.01. The Bertz CT molecular complexity index is 1670. The molecule has 1 unspecified atom stereocenters. The van der Waals surface area contributed by atoms with Crippen LogP contribution in [0.1, 0.15) is 58.3 Å². The van der Waals surface area contributed by atoms with Crippen molar-refractivity contribution in [2.24, 2.45) is 0 Å². The molecule has 222 valence electrons. The Hall–Kier alpha value is -3.25. The first-order valence-corrected chi connectivity index (χ1v) is 15.5. The third kappa shape index (κ3) is 5.12. The maximum absolute atomic E-state index is 14.4. The zero-order valence-corrected chi connectivity index (χ0v) is 26.0. The quantitative estimate of drug-likeness (QED) is 0.400. The number of hydrogen-bond acceptors (Lipinski definition) is 7. The first kappa shape index (κ1) is 30.2. The lowest BCUT2D eigenvalue weighted by atomic mass is 9.74. The molecule has 0 saturated carbocycles. The molecule has 9 nitrogen and oxygen atoms in total. The van der Waals surface area contributed by atoms with Crippen molar-refractivity contribution in [3.8, 4) is 11.1 Å². The molecule has 2 aliphatic rings. The Balaban J connectivity index is 1.51. The topological polar surface area (TPSA) is 111 Å². The summed E-state index contributed by atoms with van der Waals surface area (Å²) in [5.74, 6) is -0.211. The van der Waals surface area contributed by atoms with E-state index in [0.29, 0.717) is 27.6 Å². The summed E-state index contributed by atoms with van der Waals surface area (Å²) >= 11 is 0. The molecule has 1 fully saturated rings. The average Bonchev–Trinajstić information content (AvgIpc) is 3.42. The molecule has 1 aliphatic carbocycles. The van der Waals surface area contributed by atoms with E-state index in [1.165, 1.54) is 8.87 Å². The van der Waals surface area contributed by atoms with Gasteiger partial charge in [-0.05, 0) is 83.3 Å². The monoisotopic (exact) mass is 591 g/mol. The number of likely N-dealkylation sites (N-methyl/N-ethyl adjacent to an activating group) is 1. The Kier molecular flexibility index (Phi) is 7.54. The molecule has 0 radical (unpaired) electrons. The second-order valence-corrected chi connectivity index (χ2v) is 14.8. The van der Waals surface area contributed by atoms with Crippen LogP contribution < -0.4 is 0 Å². The van der Waals surface area contributed by atoms with Crippen LogP contribution in [0.15, 0.2) is 72.5 Å². The lowest BCUT2D eigenvalue weighted by molar-refractivity contribution is 0.00578. The fourth-order valence-electron chi connectivity index (χ4n) is 5.35. The largest absolute Gasteiger partial charge is 0.494 e. The number of hydrogen-bond donors (Lipinski definition) is 1. The molecular formula is C31H38BN3O6S. The molecule has 5 rings (SSSR count). The third-order valence-corrected chi connectivity index (χ3v) is 10.8. The lowest BCUT2D eigenvalue weighted by Crippen LogP contribution is -2.41. The van der Waals surface area contributed by atoms with Gasteiger partial charge in [0.05, 0.1) is 17.3 Å². The van der Waals surface area contributed by atoms with E-state index in [9.17, 15) is 18.3 Å². The first-order valence-electron chi connectivity index (χ1n) is 14.1. The minimum absolute atomic E-state index is 0.211. The molecule has 1 saturated heterocycles. The number of pyridine rings is 1. The summed E-state index contributed by atoms with van der Waals surface area (Å²) in [6, 6.07) is 10.6.